The summed E-state index contributed by atoms with van der Waals surface area (Å²) in [5, 5.41) is 3.31. The van der Waals surface area contributed by atoms with Crippen molar-refractivity contribution < 1.29 is 9.53 Å². The van der Waals surface area contributed by atoms with Crippen LogP contribution in [-0.2, 0) is 16.1 Å². The average molecular weight is 290 g/mol. The smallest absolute Gasteiger partial charge is 0.320 e. The van der Waals surface area contributed by atoms with Gasteiger partial charge in [-0.15, -0.1) is 0 Å². The summed E-state index contributed by atoms with van der Waals surface area (Å²) in [5.41, 5.74) is 1.37. The maximum absolute atomic E-state index is 11.5. The Morgan fingerprint density at radius 1 is 1.29 bits per heavy atom. The second-order valence-corrected chi connectivity index (χ2v) is 5.96. The van der Waals surface area contributed by atoms with Gasteiger partial charge in [0.25, 0.3) is 0 Å². The van der Waals surface area contributed by atoms with E-state index in [9.17, 15) is 4.79 Å². The molecular formula is C17H26N2O2. The van der Waals surface area contributed by atoms with Gasteiger partial charge < -0.3 is 10.1 Å². The first-order valence-corrected chi connectivity index (χ1v) is 7.82. The summed E-state index contributed by atoms with van der Waals surface area (Å²) in [6, 6.07) is 11.0. The Hall–Kier alpha value is -1.39. The number of hydrogen-bond acceptors (Lipinski definition) is 4. The predicted octanol–water partition coefficient (Wildman–Crippen LogP) is 2.19. The monoisotopic (exact) mass is 290 g/mol. The maximum atomic E-state index is 11.5. The standard InChI is InChI=1S/C17H26N2O2/c1-14(2)21-17(20)12-18-16-8-10-19(11-9-16)13-15-6-4-3-5-7-15/h3-7,14,16,18H,8-13H2,1-2H3. The first-order valence-electron chi connectivity index (χ1n) is 7.82. The van der Waals surface area contributed by atoms with Gasteiger partial charge in [0.2, 0.25) is 0 Å². The van der Waals surface area contributed by atoms with Crippen LogP contribution < -0.4 is 5.32 Å². The Morgan fingerprint density at radius 3 is 2.57 bits per heavy atom. The minimum absolute atomic E-state index is 0.0352. The van der Waals surface area contributed by atoms with E-state index in [0.717, 1.165) is 32.5 Å². The number of carbonyl (C=O) groups excluding carboxylic acids is 1. The number of likely N-dealkylation sites (tertiary alicyclic amines) is 1. The lowest BCUT2D eigenvalue weighted by molar-refractivity contribution is -0.146. The van der Waals surface area contributed by atoms with Crippen molar-refractivity contribution in [3.63, 3.8) is 0 Å². The molecule has 0 aromatic heterocycles. The molecule has 0 bridgehead atoms. The van der Waals surface area contributed by atoms with Crippen molar-refractivity contribution in [2.45, 2.75) is 45.4 Å². The van der Waals surface area contributed by atoms with E-state index in [-0.39, 0.29) is 12.1 Å². The van der Waals surface area contributed by atoms with Crippen LogP contribution in [0.15, 0.2) is 30.3 Å². The molecular weight excluding hydrogens is 264 g/mol. The van der Waals surface area contributed by atoms with E-state index in [2.05, 4.69) is 40.5 Å². The molecule has 1 aromatic carbocycles. The molecule has 4 nitrogen and oxygen atoms in total. The fourth-order valence-electron chi connectivity index (χ4n) is 2.67. The minimum Gasteiger partial charge on any atom is -0.462 e. The third kappa shape index (κ3) is 5.86. The van der Waals surface area contributed by atoms with Crippen LogP contribution in [0.5, 0.6) is 0 Å². The van der Waals surface area contributed by atoms with Crippen molar-refractivity contribution in [1.29, 1.82) is 0 Å². The Balaban J connectivity index is 1.65. The summed E-state index contributed by atoms with van der Waals surface area (Å²) in [6.45, 7) is 7.24. The number of carbonyl (C=O) groups is 1. The van der Waals surface area contributed by atoms with Gasteiger partial charge in [0, 0.05) is 12.6 Å². The average Bonchev–Trinajstić information content (AvgIpc) is 2.47. The van der Waals surface area contributed by atoms with Crippen LogP contribution in [0.1, 0.15) is 32.3 Å². The molecule has 0 aliphatic carbocycles. The summed E-state index contributed by atoms with van der Waals surface area (Å²) in [4.78, 5) is 14.0. The van der Waals surface area contributed by atoms with Crippen molar-refractivity contribution in [2.24, 2.45) is 0 Å². The Kier molecular flexibility index (Phi) is 6.21. The van der Waals surface area contributed by atoms with Gasteiger partial charge in [0.1, 0.15) is 0 Å². The molecule has 1 aliphatic heterocycles. The molecule has 1 aliphatic rings. The molecule has 4 heteroatoms. The zero-order valence-corrected chi connectivity index (χ0v) is 13.0. The molecule has 1 saturated heterocycles. The summed E-state index contributed by atoms with van der Waals surface area (Å²) >= 11 is 0. The highest BCUT2D eigenvalue weighted by atomic mass is 16.5. The fourth-order valence-corrected chi connectivity index (χ4v) is 2.67. The molecule has 116 valence electrons. The van der Waals surface area contributed by atoms with E-state index < -0.39 is 0 Å². The van der Waals surface area contributed by atoms with Gasteiger partial charge in [-0.05, 0) is 45.3 Å². The summed E-state index contributed by atoms with van der Waals surface area (Å²) in [6.07, 6.45) is 2.14. The van der Waals surface area contributed by atoms with E-state index in [0.29, 0.717) is 12.6 Å². The SMILES string of the molecule is CC(C)OC(=O)CNC1CCN(Cc2ccccc2)CC1. The highest BCUT2D eigenvalue weighted by molar-refractivity contribution is 5.71. The van der Waals surface area contributed by atoms with E-state index >= 15 is 0 Å². The molecule has 1 aromatic rings. The van der Waals surface area contributed by atoms with Gasteiger partial charge in [-0.1, -0.05) is 30.3 Å². The van der Waals surface area contributed by atoms with Crippen LogP contribution >= 0.6 is 0 Å². The van der Waals surface area contributed by atoms with Crippen molar-refractivity contribution in [3.05, 3.63) is 35.9 Å². The van der Waals surface area contributed by atoms with E-state index in [1.165, 1.54) is 5.56 Å². The largest absolute Gasteiger partial charge is 0.462 e. The van der Waals surface area contributed by atoms with Crippen molar-refractivity contribution in [1.82, 2.24) is 10.2 Å². The lowest BCUT2D eigenvalue weighted by Crippen LogP contribution is -2.44. The van der Waals surface area contributed by atoms with Gasteiger partial charge in [-0.25, -0.2) is 0 Å². The van der Waals surface area contributed by atoms with Gasteiger partial charge in [-0.2, -0.15) is 0 Å². The number of piperidine rings is 1. The molecule has 0 amide bonds. The Bertz CT molecular complexity index is 426. The van der Waals surface area contributed by atoms with Crippen LogP contribution in [-0.4, -0.2) is 42.6 Å². The lowest BCUT2D eigenvalue weighted by atomic mass is 10.0. The van der Waals surface area contributed by atoms with Gasteiger partial charge in [-0.3, -0.25) is 9.69 Å². The number of esters is 1. The molecule has 0 saturated carbocycles. The molecule has 0 radical (unpaired) electrons. The normalized spacial score (nSPS) is 17.1. The summed E-state index contributed by atoms with van der Waals surface area (Å²) in [7, 11) is 0. The Labute approximate surface area is 127 Å². The zero-order valence-electron chi connectivity index (χ0n) is 13.0. The van der Waals surface area contributed by atoms with E-state index in [4.69, 9.17) is 4.74 Å². The molecule has 2 rings (SSSR count). The van der Waals surface area contributed by atoms with Gasteiger partial charge in [0.15, 0.2) is 0 Å². The fraction of sp³-hybridized carbons (Fsp3) is 0.588. The number of rotatable bonds is 6. The molecule has 0 unspecified atom stereocenters. The first-order chi connectivity index (χ1) is 10.1. The third-order valence-corrected chi connectivity index (χ3v) is 3.74. The highest BCUT2D eigenvalue weighted by Crippen LogP contribution is 2.13. The molecule has 1 fully saturated rings. The van der Waals surface area contributed by atoms with Crippen molar-refractivity contribution in [2.75, 3.05) is 19.6 Å². The summed E-state index contributed by atoms with van der Waals surface area (Å²) < 4.78 is 5.13. The molecule has 21 heavy (non-hydrogen) atoms. The van der Waals surface area contributed by atoms with Crippen molar-refractivity contribution in [3.8, 4) is 0 Å². The predicted molar refractivity (Wildman–Crippen MR) is 84.0 cm³/mol. The van der Waals surface area contributed by atoms with E-state index in [1.807, 2.05) is 13.8 Å². The zero-order chi connectivity index (χ0) is 15.1. The minimum atomic E-state index is -0.156. The molecule has 0 spiro atoms. The number of nitrogens with one attached hydrogen (secondary N) is 1. The van der Waals surface area contributed by atoms with Crippen LogP contribution in [0.25, 0.3) is 0 Å². The topological polar surface area (TPSA) is 41.6 Å². The number of benzene rings is 1. The highest BCUT2D eigenvalue weighted by Gasteiger charge is 2.19. The number of hydrogen-bond donors (Lipinski definition) is 1. The van der Waals surface area contributed by atoms with Crippen LogP contribution in [0, 0.1) is 0 Å². The second kappa shape index (κ2) is 8.15. The molecule has 0 atom stereocenters. The van der Waals surface area contributed by atoms with Gasteiger partial charge >= 0.3 is 5.97 Å². The maximum Gasteiger partial charge on any atom is 0.320 e. The second-order valence-electron chi connectivity index (χ2n) is 5.96. The van der Waals surface area contributed by atoms with Crippen LogP contribution in [0.4, 0.5) is 0 Å². The van der Waals surface area contributed by atoms with Crippen molar-refractivity contribution >= 4 is 5.97 Å². The van der Waals surface area contributed by atoms with E-state index in [1.54, 1.807) is 0 Å². The van der Waals surface area contributed by atoms with Crippen LogP contribution in [0.2, 0.25) is 0 Å². The third-order valence-electron chi connectivity index (χ3n) is 3.74. The lowest BCUT2D eigenvalue weighted by Gasteiger charge is -2.32. The quantitative estimate of drug-likeness (QED) is 0.816. The number of nitrogens with zero attached hydrogens (tertiary/aromatic N) is 1. The molecule has 1 heterocycles. The Morgan fingerprint density at radius 2 is 1.95 bits per heavy atom. The molecule has 1 N–H and O–H groups in total. The number of ether oxygens (including phenoxy) is 1. The first kappa shape index (κ1) is 16.0. The van der Waals surface area contributed by atoms with Gasteiger partial charge in [0.05, 0.1) is 12.6 Å². The summed E-state index contributed by atoms with van der Waals surface area (Å²) in [5.74, 6) is -0.156. The van der Waals surface area contributed by atoms with Crippen LogP contribution in [0.3, 0.4) is 0 Å².